The molecule has 1 aliphatic heterocycles. The van der Waals surface area contributed by atoms with E-state index >= 15 is 0 Å². The predicted molar refractivity (Wildman–Crippen MR) is 148 cm³/mol. The molecule has 2 aromatic carbocycles. The third-order valence-electron chi connectivity index (χ3n) is 5.14. The van der Waals surface area contributed by atoms with Crippen LogP contribution < -0.4 is 14.8 Å². The Morgan fingerprint density at radius 3 is 2.40 bits per heavy atom. The molecule has 1 heterocycles. The lowest BCUT2D eigenvalue weighted by atomic mass is 10.2. The molecule has 1 fully saturated rings. The number of hydrogen-bond donors (Lipinski definition) is 1. The highest BCUT2D eigenvalue weighted by molar-refractivity contribution is 8.18. The van der Waals surface area contributed by atoms with Crippen LogP contribution >= 0.6 is 23.4 Å². The number of esters is 2. The highest BCUT2D eigenvalue weighted by Crippen LogP contribution is 2.35. The highest BCUT2D eigenvalue weighted by atomic mass is 35.5. The summed E-state index contributed by atoms with van der Waals surface area (Å²) in [7, 11) is 0. The number of rotatable bonds is 12. The summed E-state index contributed by atoms with van der Waals surface area (Å²) < 4.78 is 20.9. The standard InChI is InChI=1S/C27H27ClN2O9S/c1-4-36-21-11-16(7-10-20(21)39-15-24(32)37-5-2)12-22-25(33)30(27(35)40-22)14-23(31)29-17-8-9-19(28)18(13-17)26(34)38-6-3/h7-13H,4-6,14-15H2,1-3H3,(H,29,31)/b22-12-. The fraction of sp³-hybridized carbons (Fsp3) is 0.296. The Hall–Kier alpha value is -4.03. The summed E-state index contributed by atoms with van der Waals surface area (Å²) in [5, 5.41) is 2.09. The maximum atomic E-state index is 12.9. The number of hydrogen-bond acceptors (Lipinski definition) is 10. The van der Waals surface area contributed by atoms with Gasteiger partial charge in [-0.05, 0) is 74.5 Å². The molecular weight excluding hydrogens is 564 g/mol. The third kappa shape index (κ3) is 7.99. The number of thioether (sulfide) groups is 1. The van der Waals surface area contributed by atoms with Crippen LogP contribution in [0.1, 0.15) is 36.7 Å². The van der Waals surface area contributed by atoms with Gasteiger partial charge in [-0.25, -0.2) is 9.59 Å². The van der Waals surface area contributed by atoms with Gasteiger partial charge in [-0.15, -0.1) is 0 Å². The average Bonchev–Trinajstić information content (AvgIpc) is 3.17. The first-order chi connectivity index (χ1) is 19.2. The summed E-state index contributed by atoms with van der Waals surface area (Å²) in [6.45, 7) is 4.98. The van der Waals surface area contributed by atoms with E-state index in [-0.39, 0.29) is 41.0 Å². The van der Waals surface area contributed by atoms with Gasteiger partial charge < -0.3 is 24.3 Å². The first-order valence-corrected chi connectivity index (χ1v) is 13.4. The van der Waals surface area contributed by atoms with Crippen molar-refractivity contribution in [1.29, 1.82) is 0 Å². The van der Waals surface area contributed by atoms with E-state index in [1.807, 2.05) is 0 Å². The summed E-state index contributed by atoms with van der Waals surface area (Å²) in [5.41, 5.74) is 0.849. The van der Waals surface area contributed by atoms with Crippen molar-refractivity contribution in [2.45, 2.75) is 20.8 Å². The molecule has 3 rings (SSSR count). The summed E-state index contributed by atoms with van der Waals surface area (Å²) in [6, 6.07) is 9.06. The van der Waals surface area contributed by atoms with Gasteiger partial charge in [0, 0.05) is 5.69 Å². The van der Waals surface area contributed by atoms with Crippen molar-refractivity contribution in [3.05, 3.63) is 57.5 Å². The van der Waals surface area contributed by atoms with Crippen molar-refractivity contribution >= 4 is 64.1 Å². The van der Waals surface area contributed by atoms with E-state index in [1.165, 1.54) is 24.3 Å². The van der Waals surface area contributed by atoms with Gasteiger partial charge in [-0.3, -0.25) is 19.3 Å². The number of ether oxygens (including phenoxy) is 4. The molecule has 0 unspecified atom stereocenters. The molecule has 0 aromatic heterocycles. The van der Waals surface area contributed by atoms with Crippen LogP contribution in [0, 0.1) is 0 Å². The van der Waals surface area contributed by atoms with Gasteiger partial charge in [0.1, 0.15) is 6.54 Å². The van der Waals surface area contributed by atoms with Crippen LogP contribution in [-0.2, 0) is 23.9 Å². The summed E-state index contributed by atoms with van der Waals surface area (Å²) in [4.78, 5) is 62.7. The quantitative estimate of drug-likeness (QED) is 0.277. The lowest BCUT2D eigenvalue weighted by molar-refractivity contribution is -0.145. The van der Waals surface area contributed by atoms with Crippen molar-refractivity contribution in [3.8, 4) is 11.5 Å². The lowest BCUT2D eigenvalue weighted by Gasteiger charge is -2.13. The Morgan fingerprint density at radius 1 is 0.950 bits per heavy atom. The fourth-order valence-electron chi connectivity index (χ4n) is 3.44. The molecular formula is C27H27ClN2O9S. The second-order valence-corrected chi connectivity index (χ2v) is 9.36. The van der Waals surface area contributed by atoms with Crippen molar-refractivity contribution in [1.82, 2.24) is 4.90 Å². The number of benzene rings is 2. The van der Waals surface area contributed by atoms with Crippen LogP contribution in [0.25, 0.3) is 6.08 Å². The molecule has 0 saturated carbocycles. The Balaban J connectivity index is 1.70. The van der Waals surface area contributed by atoms with Crippen molar-refractivity contribution in [2.75, 3.05) is 38.3 Å². The van der Waals surface area contributed by atoms with Gasteiger partial charge in [0.15, 0.2) is 18.1 Å². The molecule has 212 valence electrons. The number of amides is 3. The van der Waals surface area contributed by atoms with Gasteiger partial charge in [-0.1, -0.05) is 17.7 Å². The lowest BCUT2D eigenvalue weighted by Crippen LogP contribution is -2.36. The number of anilines is 1. The minimum absolute atomic E-state index is 0.0687. The third-order valence-corrected chi connectivity index (χ3v) is 6.37. The van der Waals surface area contributed by atoms with E-state index in [0.29, 0.717) is 35.4 Å². The molecule has 13 heteroatoms. The zero-order chi connectivity index (χ0) is 29.2. The molecule has 3 amide bonds. The minimum atomic E-state index is -0.651. The SMILES string of the molecule is CCOC(=O)COc1ccc(/C=C2\SC(=O)N(CC(=O)Nc3ccc(Cl)c(C(=O)OCC)c3)C2=O)cc1OCC. The number of imide groups is 1. The second-order valence-electron chi connectivity index (χ2n) is 7.96. The number of carbonyl (C=O) groups excluding carboxylic acids is 5. The molecule has 1 saturated heterocycles. The summed E-state index contributed by atoms with van der Waals surface area (Å²) in [6.07, 6.45) is 1.49. The van der Waals surface area contributed by atoms with Crippen LogP contribution in [0.5, 0.6) is 11.5 Å². The Kier molecular flexibility index (Phi) is 11.0. The fourth-order valence-corrected chi connectivity index (χ4v) is 4.47. The van der Waals surface area contributed by atoms with E-state index in [0.717, 1.165) is 4.90 Å². The normalized spacial score (nSPS) is 13.8. The Morgan fingerprint density at radius 2 is 1.70 bits per heavy atom. The summed E-state index contributed by atoms with van der Waals surface area (Å²) in [5.74, 6) is -1.82. The molecule has 1 aliphatic rings. The molecule has 11 nitrogen and oxygen atoms in total. The predicted octanol–water partition coefficient (Wildman–Crippen LogP) is 4.53. The van der Waals surface area contributed by atoms with Crippen LogP contribution in [-0.4, -0.2) is 66.9 Å². The molecule has 0 spiro atoms. The highest BCUT2D eigenvalue weighted by Gasteiger charge is 2.36. The largest absolute Gasteiger partial charge is 0.490 e. The van der Waals surface area contributed by atoms with Crippen LogP contribution in [0.2, 0.25) is 5.02 Å². The topological polar surface area (TPSA) is 138 Å². The van der Waals surface area contributed by atoms with Gasteiger partial charge in [-0.2, -0.15) is 0 Å². The van der Waals surface area contributed by atoms with Crippen LogP contribution in [0.15, 0.2) is 41.3 Å². The van der Waals surface area contributed by atoms with E-state index in [1.54, 1.807) is 39.0 Å². The number of carbonyl (C=O) groups is 5. The Bertz CT molecular complexity index is 1350. The summed E-state index contributed by atoms with van der Waals surface area (Å²) >= 11 is 6.73. The first kappa shape index (κ1) is 30.5. The molecule has 0 radical (unpaired) electrons. The first-order valence-electron chi connectivity index (χ1n) is 12.2. The maximum Gasteiger partial charge on any atom is 0.344 e. The van der Waals surface area contributed by atoms with Crippen molar-refractivity contribution in [2.24, 2.45) is 0 Å². The van der Waals surface area contributed by atoms with Gasteiger partial charge in [0.2, 0.25) is 5.91 Å². The van der Waals surface area contributed by atoms with Crippen LogP contribution in [0.3, 0.4) is 0 Å². The molecule has 0 bridgehead atoms. The zero-order valence-corrected chi connectivity index (χ0v) is 23.6. The molecule has 0 atom stereocenters. The number of nitrogens with zero attached hydrogens (tertiary/aromatic N) is 1. The molecule has 2 aromatic rings. The van der Waals surface area contributed by atoms with E-state index in [9.17, 15) is 24.0 Å². The van der Waals surface area contributed by atoms with E-state index in [4.69, 9.17) is 30.5 Å². The smallest absolute Gasteiger partial charge is 0.344 e. The van der Waals surface area contributed by atoms with Gasteiger partial charge in [0.05, 0.1) is 35.3 Å². The zero-order valence-electron chi connectivity index (χ0n) is 22.0. The van der Waals surface area contributed by atoms with E-state index < -0.39 is 35.5 Å². The molecule has 0 aliphatic carbocycles. The van der Waals surface area contributed by atoms with Gasteiger partial charge in [0.25, 0.3) is 11.1 Å². The molecule has 40 heavy (non-hydrogen) atoms. The van der Waals surface area contributed by atoms with Crippen molar-refractivity contribution in [3.63, 3.8) is 0 Å². The number of halogens is 1. The molecule has 1 N–H and O–H groups in total. The van der Waals surface area contributed by atoms with E-state index in [2.05, 4.69) is 5.32 Å². The van der Waals surface area contributed by atoms with Crippen LogP contribution in [0.4, 0.5) is 10.5 Å². The number of nitrogens with one attached hydrogen (secondary N) is 1. The second kappa shape index (κ2) is 14.4. The Labute approximate surface area is 239 Å². The minimum Gasteiger partial charge on any atom is -0.490 e. The monoisotopic (exact) mass is 590 g/mol. The van der Waals surface area contributed by atoms with Gasteiger partial charge >= 0.3 is 11.9 Å². The average molecular weight is 591 g/mol. The van der Waals surface area contributed by atoms with Crippen molar-refractivity contribution < 1.29 is 42.9 Å². The maximum absolute atomic E-state index is 12.9.